The molecule has 0 atom stereocenters. The number of alkyl halides is 3. The van der Waals surface area contributed by atoms with Gasteiger partial charge in [0.2, 0.25) is 10.0 Å². The van der Waals surface area contributed by atoms with E-state index < -0.39 is 27.8 Å². The van der Waals surface area contributed by atoms with Gasteiger partial charge in [0.15, 0.2) is 5.69 Å². The quantitative estimate of drug-likeness (QED) is 0.846. The van der Waals surface area contributed by atoms with Gasteiger partial charge in [-0.05, 0) is 17.7 Å². The second kappa shape index (κ2) is 6.24. The Morgan fingerprint density at radius 1 is 1.29 bits per heavy atom. The lowest BCUT2D eigenvalue weighted by Crippen LogP contribution is -2.25. The van der Waals surface area contributed by atoms with Gasteiger partial charge in [0.1, 0.15) is 5.69 Å². The van der Waals surface area contributed by atoms with E-state index in [-0.39, 0.29) is 17.1 Å². The van der Waals surface area contributed by atoms with Gasteiger partial charge in [0, 0.05) is 19.7 Å². The molecule has 0 radical (unpaired) electrons. The van der Waals surface area contributed by atoms with Crippen LogP contribution >= 0.6 is 0 Å². The van der Waals surface area contributed by atoms with Crippen molar-refractivity contribution in [2.24, 2.45) is 12.2 Å². The molecule has 0 aliphatic rings. The first kappa shape index (κ1) is 17.9. The topological polar surface area (TPSA) is 107 Å². The molecule has 0 saturated carbocycles. The molecule has 0 spiro atoms. The van der Waals surface area contributed by atoms with Crippen LogP contribution in [0.15, 0.2) is 35.2 Å². The molecule has 1 heterocycles. The summed E-state index contributed by atoms with van der Waals surface area (Å²) in [6.45, 7) is -0.00371. The number of amides is 1. The molecule has 2 rings (SSSR count). The van der Waals surface area contributed by atoms with Crippen LogP contribution in [0.25, 0.3) is 0 Å². The Hall–Kier alpha value is -2.40. The van der Waals surface area contributed by atoms with Crippen LogP contribution in [-0.4, -0.2) is 24.1 Å². The third-order valence-electron chi connectivity index (χ3n) is 3.11. The van der Waals surface area contributed by atoms with Crippen LogP contribution < -0.4 is 10.5 Å². The number of sulfonamides is 1. The standard InChI is InChI=1S/C13H13F3N4O3S/c1-20-10(6-11(19-20)13(14,15)16)12(21)18-7-8-2-4-9(5-3-8)24(17,22)23/h2-6H,7H2,1H3,(H,18,21)(H2,17,22,23). The molecule has 2 aromatic rings. The van der Waals surface area contributed by atoms with Crippen molar-refractivity contribution in [2.45, 2.75) is 17.6 Å². The highest BCUT2D eigenvalue weighted by Gasteiger charge is 2.35. The van der Waals surface area contributed by atoms with Gasteiger partial charge in [-0.2, -0.15) is 18.3 Å². The maximum absolute atomic E-state index is 12.6. The summed E-state index contributed by atoms with van der Waals surface area (Å²) >= 11 is 0. The molecule has 0 unspecified atom stereocenters. The fourth-order valence-electron chi connectivity index (χ4n) is 1.89. The van der Waals surface area contributed by atoms with Crippen molar-refractivity contribution in [1.82, 2.24) is 15.1 Å². The minimum absolute atomic E-state index is 0.00371. The minimum Gasteiger partial charge on any atom is -0.347 e. The van der Waals surface area contributed by atoms with E-state index in [1.165, 1.54) is 31.3 Å². The van der Waals surface area contributed by atoms with Gasteiger partial charge in [-0.15, -0.1) is 0 Å². The van der Waals surface area contributed by atoms with Gasteiger partial charge in [-0.25, -0.2) is 13.6 Å². The zero-order chi connectivity index (χ0) is 18.1. The highest BCUT2D eigenvalue weighted by Crippen LogP contribution is 2.28. The maximum Gasteiger partial charge on any atom is 0.435 e. The minimum atomic E-state index is -4.64. The summed E-state index contributed by atoms with van der Waals surface area (Å²) in [5.41, 5.74) is -0.856. The number of nitrogens with zero attached hydrogens (tertiary/aromatic N) is 2. The summed E-state index contributed by atoms with van der Waals surface area (Å²) in [6, 6.07) is 6.06. The van der Waals surface area contributed by atoms with Crippen molar-refractivity contribution in [2.75, 3.05) is 0 Å². The summed E-state index contributed by atoms with van der Waals surface area (Å²) in [4.78, 5) is 11.9. The SMILES string of the molecule is Cn1nc(C(F)(F)F)cc1C(=O)NCc1ccc(S(N)(=O)=O)cc1. The second-order valence-corrected chi connectivity index (χ2v) is 6.47. The molecular weight excluding hydrogens is 349 g/mol. The average molecular weight is 362 g/mol. The summed E-state index contributed by atoms with van der Waals surface area (Å²) in [5.74, 6) is -0.740. The highest BCUT2D eigenvalue weighted by atomic mass is 32.2. The van der Waals surface area contributed by atoms with Crippen LogP contribution in [0.2, 0.25) is 0 Å². The Bertz CT molecular complexity index is 858. The zero-order valence-corrected chi connectivity index (χ0v) is 13.1. The van der Waals surface area contributed by atoms with E-state index in [9.17, 15) is 26.4 Å². The van der Waals surface area contributed by atoms with Gasteiger partial charge in [0.05, 0.1) is 4.90 Å². The molecule has 130 valence electrons. The molecule has 1 amide bonds. The molecule has 0 aliphatic heterocycles. The molecule has 0 fully saturated rings. The lowest BCUT2D eigenvalue weighted by molar-refractivity contribution is -0.141. The van der Waals surface area contributed by atoms with Gasteiger partial charge in [0.25, 0.3) is 5.91 Å². The summed E-state index contributed by atoms with van der Waals surface area (Å²) in [6.07, 6.45) is -4.64. The molecule has 0 bridgehead atoms. The van der Waals surface area contributed by atoms with Crippen LogP contribution in [0, 0.1) is 0 Å². The molecule has 7 nitrogen and oxygen atoms in total. The Morgan fingerprint density at radius 2 is 1.88 bits per heavy atom. The smallest absolute Gasteiger partial charge is 0.347 e. The van der Waals surface area contributed by atoms with Crippen LogP contribution in [0.4, 0.5) is 13.2 Å². The largest absolute Gasteiger partial charge is 0.435 e. The van der Waals surface area contributed by atoms with E-state index in [0.29, 0.717) is 11.6 Å². The number of hydrogen-bond acceptors (Lipinski definition) is 4. The fourth-order valence-corrected chi connectivity index (χ4v) is 2.40. The lowest BCUT2D eigenvalue weighted by Gasteiger charge is -2.06. The van der Waals surface area contributed by atoms with Crippen LogP contribution in [0.3, 0.4) is 0 Å². The third kappa shape index (κ3) is 4.11. The number of carbonyl (C=O) groups is 1. The zero-order valence-electron chi connectivity index (χ0n) is 12.3. The molecule has 11 heteroatoms. The number of aryl methyl sites for hydroxylation is 1. The number of benzene rings is 1. The Kier molecular flexibility index (Phi) is 4.67. The van der Waals surface area contributed by atoms with Crippen LogP contribution in [0.5, 0.6) is 0 Å². The summed E-state index contributed by atoms with van der Waals surface area (Å²) in [5, 5.41) is 10.6. The molecule has 24 heavy (non-hydrogen) atoms. The van der Waals surface area contributed by atoms with Crippen molar-refractivity contribution in [3.8, 4) is 0 Å². The normalized spacial score (nSPS) is 12.2. The van der Waals surface area contributed by atoms with Crippen molar-refractivity contribution in [3.63, 3.8) is 0 Å². The molecule has 3 N–H and O–H groups in total. The van der Waals surface area contributed by atoms with Crippen molar-refractivity contribution >= 4 is 15.9 Å². The number of aromatic nitrogens is 2. The van der Waals surface area contributed by atoms with E-state index in [1.54, 1.807) is 0 Å². The monoisotopic (exact) mass is 362 g/mol. The average Bonchev–Trinajstić information content (AvgIpc) is 2.86. The first-order valence-electron chi connectivity index (χ1n) is 6.49. The number of nitrogens with one attached hydrogen (secondary N) is 1. The predicted octanol–water partition coefficient (Wildman–Crippen LogP) is 1.02. The number of halogens is 3. The number of nitrogens with two attached hydrogens (primary N) is 1. The first-order chi connectivity index (χ1) is 11.0. The van der Waals surface area contributed by atoms with E-state index in [1.807, 2.05) is 0 Å². The van der Waals surface area contributed by atoms with Crippen LogP contribution in [-0.2, 0) is 29.8 Å². The van der Waals surface area contributed by atoms with E-state index in [0.717, 1.165) is 4.68 Å². The van der Waals surface area contributed by atoms with Crippen molar-refractivity contribution in [1.29, 1.82) is 0 Å². The molecule has 0 aliphatic carbocycles. The molecular formula is C13H13F3N4O3S. The summed E-state index contributed by atoms with van der Waals surface area (Å²) in [7, 11) is -2.59. The van der Waals surface area contributed by atoms with Gasteiger partial charge >= 0.3 is 6.18 Å². The fraction of sp³-hybridized carbons (Fsp3) is 0.231. The van der Waals surface area contributed by atoms with E-state index in [4.69, 9.17) is 5.14 Å². The molecule has 1 aromatic carbocycles. The van der Waals surface area contributed by atoms with Crippen LogP contribution in [0.1, 0.15) is 21.7 Å². The Labute approximate surface area is 135 Å². The summed E-state index contributed by atoms with van der Waals surface area (Å²) < 4.78 is 60.8. The predicted molar refractivity (Wildman–Crippen MR) is 77.2 cm³/mol. The second-order valence-electron chi connectivity index (χ2n) is 4.91. The Balaban J connectivity index is 2.07. The first-order valence-corrected chi connectivity index (χ1v) is 8.04. The number of carbonyl (C=O) groups excluding carboxylic acids is 1. The highest BCUT2D eigenvalue weighted by molar-refractivity contribution is 7.89. The van der Waals surface area contributed by atoms with Crippen molar-refractivity contribution < 1.29 is 26.4 Å². The molecule has 1 aromatic heterocycles. The number of rotatable bonds is 4. The Morgan fingerprint density at radius 3 is 2.33 bits per heavy atom. The lowest BCUT2D eigenvalue weighted by atomic mass is 10.2. The van der Waals surface area contributed by atoms with Gasteiger partial charge in [-0.3, -0.25) is 9.48 Å². The van der Waals surface area contributed by atoms with Crippen molar-refractivity contribution in [3.05, 3.63) is 47.3 Å². The van der Waals surface area contributed by atoms with E-state index >= 15 is 0 Å². The number of primary sulfonamides is 1. The maximum atomic E-state index is 12.6. The van der Waals surface area contributed by atoms with Gasteiger partial charge < -0.3 is 5.32 Å². The van der Waals surface area contributed by atoms with E-state index in [2.05, 4.69) is 10.4 Å². The third-order valence-corrected chi connectivity index (χ3v) is 4.04. The van der Waals surface area contributed by atoms with Gasteiger partial charge in [-0.1, -0.05) is 12.1 Å². The number of hydrogen-bond donors (Lipinski definition) is 2. The molecule has 0 saturated heterocycles.